The van der Waals surface area contributed by atoms with Crippen LogP contribution in [0.3, 0.4) is 0 Å². The normalized spacial score (nSPS) is 16.7. The maximum Gasteiger partial charge on any atom is 0.319 e. The molecule has 0 amide bonds. The second kappa shape index (κ2) is 10.4. The van der Waals surface area contributed by atoms with Crippen LogP contribution in [0.1, 0.15) is 42.7 Å². The van der Waals surface area contributed by atoms with E-state index in [4.69, 9.17) is 10.3 Å². The predicted octanol–water partition coefficient (Wildman–Crippen LogP) is 5.16. The number of nitrogens with zero attached hydrogens (tertiary/aromatic N) is 4. The number of fused-ring (bicyclic) bond motifs is 1. The standard InChI is InChI=1S/C22H28N4O2S/c1-3-12-26(13-11-19-7-5-14-29-19)18-9-10-20-17(15-18)6-4-8-21(20)28-22(27)16(2)24-25-23/h4-8,14,16,18H,3,9-13,15H2,1-2H3/t16?,18-/m0/s1. The Balaban J connectivity index is 1.69. The van der Waals surface area contributed by atoms with Gasteiger partial charge in [-0.3, -0.25) is 9.69 Å². The maximum absolute atomic E-state index is 12.1. The predicted molar refractivity (Wildman–Crippen MR) is 116 cm³/mol. The van der Waals surface area contributed by atoms with Crippen LogP contribution >= 0.6 is 11.3 Å². The molecule has 1 aliphatic carbocycles. The minimum absolute atomic E-state index is 0.510. The van der Waals surface area contributed by atoms with Crippen LogP contribution in [-0.2, 0) is 24.1 Å². The Kier molecular flexibility index (Phi) is 7.69. The summed E-state index contributed by atoms with van der Waals surface area (Å²) < 4.78 is 5.55. The van der Waals surface area contributed by atoms with Crippen LogP contribution in [-0.4, -0.2) is 36.0 Å². The summed E-state index contributed by atoms with van der Waals surface area (Å²) in [7, 11) is 0. The lowest BCUT2D eigenvalue weighted by Crippen LogP contribution is -2.41. The van der Waals surface area contributed by atoms with Gasteiger partial charge in [-0.2, -0.15) is 0 Å². The Hall–Kier alpha value is -2.34. The summed E-state index contributed by atoms with van der Waals surface area (Å²) in [6, 6.07) is 9.92. The van der Waals surface area contributed by atoms with E-state index in [1.165, 1.54) is 10.4 Å². The van der Waals surface area contributed by atoms with Crippen LogP contribution in [0.4, 0.5) is 0 Å². The number of carbonyl (C=O) groups is 1. The zero-order valence-corrected chi connectivity index (χ0v) is 17.9. The lowest BCUT2D eigenvalue weighted by Gasteiger charge is -2.35. The maximum atomic E-state index is 12.1. The molecule has 0 aliphatic heterocycles. The molecule has 0 saturated heterocycles. The molecule has 0 bridgehead atoms. The van der Waals surface area contributed by atoms with Gasteiger partial charge < -0.3 is 4.74 Å². The van der Waals surface area contributed by atoms with Crippen molar-refractivity contribution in [3.05, 3.63) is 62.2 Å². The van der Waals surface area contributed by atoms with Crippen molar-refractivity contribution < 1.29 is 9.53 Å². The Labute approximate surface area is 176 Å². The SMILES string of the molecule is CCCN(CCc1cccs1)[C@H]1CCc2c(cccc2OC(=O)C(C)N=[N+]=[N-])C1. The van der Waals surface area contributed by atoms with Crippen LogP contribution < -0.4 is 4.74 Å². The molecule has 6 nitrogen and oxygen atoms in total. The molecular weight excluding hydrogens is 384 g/mol. The van der Waals surface area contributed by atoms with Gasteiger partial charge in [0.2, 0.25) is 0 Å². The van der Waals surface area contributed by atoms with Crippen molar-refractivity contribution in [2.75, 3.05) is 13.1 Å². The molecule has 1 aliphatic rings. The Morgan fingerprint density at radius 3 is 2.97 bits per heavy atom. The van der Waals surface area contributed by atoms with Crippen molar-refractivity contribution in [1.29, 1.82) is 0 Å². The second-order valence-electron chi connectivity index (χ2n) is 7.46. The van der Waals surface area contributed by atoms with E-state index in [2.05, 4.69) is 45.4 Å². The smallest absolute Gasteiger partial charge is 0.319 e. The van der Waals surface area contributed by atoms with E-state index in [0.29, 0.717) is 11.8 Å². The fraction of sp³-hybridized carbons (Fsp3) is 0.500. The van der Waals surface area contributed by atoms with Gasteiger partial charge in [0.25, 0.3) is 0 Å². The van der Waals surface area contributed by atoms with E-state index in [0.717, 1.165) is 50.8 Å². The molecule has 1 aromatic carbocycles. The van der Waals surface area contributed by atoms with Gasteiger partial charge in [0, 0.05) is 22.4 Å². The van der Waals surface area contributed by atoms with Crippen LogP contribution in [0.2, 0.25) is 0 Å². The van der Waals surface area contributed by atoms with Gasteiger partial charge in [-0.1, -0.05) is 30.2 Å². The molecule has 2 atom stereocenters. The number of azide groups is 1. The molecule has 7 heteroatoms. The molecule has 0 N–H and O–H groups in total. The van der Waals surface area contributed by atoms with Crippen molar-refractivity contribution in [3.63, 3.8) is 0 Å². The number of benzene rings is 1. The number of ether oxygens (including phenoxy) is 1. The molecule has 0 fully saturated rings. The fourth-order valence-corrected chi connectivity index (χ4v) is 4.65. The summed E-state index contributed by atoms with van der Waals surface area (Å²) in [6.45, 7) is 5.96. The Bertz CT molecular complexity index is 862. The van der Waals surface area contributed by atoms with E-state index in [9.17, 15) is 4.79 Å². The zero-order chi connectivity index (χ0) is 20.6. The molecule has 154 valence electrons. The summed E-state index contributed by atoms with van der Waals surface area (Å²) >= 11 is 1.83. The number of hydrogen-bond donors (Lipinski definition) is 0. The van der Waals surface area contributed by atoms with Gasteiger partial charge >= 0.3 is 5.97 Å². The minimum Gasteiger partial charge on any atom is -0.426 e. The molecule has 0 saturated carbocycles. The second-order valence-corrected chi connectivity index (χ2v) is 8.49. The van der Waals surface area contributed by atoms with Crippen molar-refractivity contribution in [1.82, 2.24) is 4.90 Å². The summed E-state index contributed by atoms with van der Waals surface area (Å²) in [4.78, 5) is 18.9. The van der Waals surface area contributed by atoms with Crippen LogP contribution in [0.25, 0.3) is 10.4 Å². The molecule has 29 heavy (non-hydrogen) atoms. The van der Waals surface area contributed by atoms with Crippen LogP contribution in [0, 0.1) is 0 Å². The average molecular weight is 413 g/mol. The lowest BCUT2D eigenvalue weighted by atomic mass is 9.86. The molecule has 3 rings (SSSR count). The highest BCUT2D eigenvalue weighted by Crippen LogP contribution is 2.32. The monoisotopic (exact) mass is 412 g/mol. The highest BCUT2D eigenvalue weighted by molar-refractivity contribution is 7.09. The summed E-state index contributed by atoms with van der Waals surface area (Å²) in [5.74, 6) is 0.0912. The lowest BCUT2D eigenvalue weighted by molar-refractivity contribution is -0.135. The van der Waals surface area contributed by atoms with E-state index in [1.54, 1.807) is 6.92 Å². The highest BCUT2D eigenvalue weighted by atomic mass is 32.1. The highest BCUT2D eigenvalue weighted by Gasteiger charge is 2.26. The van der Waals surface area contributed by atoms with Crippen LogP contribution in [0.15, 0.2) is 40.8 Å². The van der Waals surface area contributed by atoms with E-state index in [-0.39, 0.29) is 0 Å². The van der Waals surface area contributed by atoms with Gasteiger partial charge in [-0.05, 0) is 79.7 Å². The van der Waals surface area contributed by atoms with Crippen molar-refractivity contribution in [2.45, 2.75) is 58.0 Å². The molecule has 2 aromatic rings. The first-order valence-corrected chi connectivity index (χ1v) is 11.1. The third kappa shape index (κ3) is 5.60. The number of carbonyl (C=O) groups excluding carboxylic acids is 1. The third-order valence-electron chi connectivity index (χ3n) is 5.44. The first-order chi connectivity index (χ1) is 14.1. The van der Waals surface area contributed by atoms with Crippen molar-refractivity contribution in [2.24, 2.45) is 5.11 Å². The number of thiophene rings is 1. The molecule has 1 unspecified atom stereocenters. The van der Waals surface area contributed by atoms with E-state index >= 15 is 0 Å². The molecular formula is C22H28N4O2S. The van der Waals surface area contributed by atoms with Gasteiger partial charge in [0.1, 0.15) is 11.8 Å². The van der Waals surface area contributed by atoms with Gasteiger partial charge in [-0.25, -0.2) is 0 Å². The van der Waals surface area contributed by atoms with Gasteiger partial charge in [0.15, 0.2) is 0 Å². The van der Waals surface area contributed by atoms with E-state index < -0.39 is 12.0 Å². The zero-order valence-electron chi connectivity index (χ0n) is 17.1. The molecule has 1 aromatic heterocycles. The summed E-state index contributed by atoms with van der Waals surface area (Å²) in [6.07, 6.45) is 5.15. The Morgan fingerprint density at radius 1 is 1.38 bits per heavy atom. The van der Waals surface area contributed by atoms with Gasteiger partial charge in [-0.15, -0.1) is 11.3 Å². The largest absolute Gasteiger partial charge is 0.426 e. The minimum atomic E-state index is -0.829. The summed E-state index contributed by atoms with van der Waals surface area (Å²) in [5, 5.41) is 5.57. The van der Waals surface area contributed by atoms with E-state index in [1.807, 2.05) is 23.5 Å². The molecule has 0 spiro atoms. The Morgan fingerprint density at radius 2 is 2.24 bits per heavy atom. The third-order valence-corrected chi connectivity index (χ3v) is 6.38. The van der Waals surface area contributed by atoms with Crippen molar-refractivity contribution in [3.8, 4) is 5.75 Å². The first kappa shape index (κ1) is 21.4. The topological polar surface area (TPSA) is 78.3 Å². The number of hydrogen-bond acceptors (Lipinski definition) is 5. The van der Waals surface area contributed by atoms with Gasteiger partial charge in [0.05, 0.1) is 0 Å². The first-order valence-electron chi connectivity index (χ1n) is 10.3. The number of rotatable bonds is 9. The quantitative estimate of drug-likeness (QED) is 0.187. The summed E-state index contributed by atoms with van der Waals surface area (Å²) in [5.41, 5.74) is 10.9. The van der Waals surface area contributed by atoms with Crippen LogP contribution in [0.5, 0.6) is 5.75 Å². The van der Waals surface area contributed by atoms with Crippen molar-refractivity contribution >= 4 is 17.3 Å². The average Bonchev–Trinajstić information content (AvgIpc) is 3.24. The molecule has 0 radical (unpaired) electrons. The fourth-order valence-electron chi connectivity index (χ4n) is 3.95. The number of esters is 1. The molecule has 1 heterocycles.